The molecule has 2 rings (SSSR count). The fourth-order valence-electron chi connectivity index (χ4n) is 4.63. The fraction of sp³-hybridized carbons (Fsp3) is 0.750. The average Bonchev–Trinajstić information content (AvgIpc) is 2.49. The Morgan fingerprint density at radius 3 is 2.62 bits per heavy atom. The van der Waals surface area contributed by atoms with Crippen molar-refractivity contribution < 1.29 is 20.1 Å². The Morgan fingerprint density at radius 1 is 1.46 bits per heavy atom. The molecule has 6 unspecified atom stereocenters. The second-order valence-corrected chi connectivity index (χ2v) is 8.63. The minimum atomic E-state index is -0.931. The van der Waals surface area contributed by atoms with Crippen LogP contribution in [0.25, 0.3) is 0 Å². The summed E-state index contributed by atoms with van der Waals surface area (Å²) in [6, 6.07) is 0. The molecule has 0 aromatic carbocycles. The fourth-order valence-corrected chi connectivity index (χ4v) is 4.63. The van der Waals surface area contributed by atoms with E-state index in [1.54, 1.807) is 19.9 Å². The first-order valence-corrected chi connectivity index (χ1v) is 8.96. The van der Waals surface area contributed by atoms with Gasteiger partial charge in [0.15, 0.2) is 0 Å². The van der Waals surface area contributed by atoms with Gasteiger partial charge in [0.05, 0.1) is 17.1 Å². The highest BCUT2D eigenvalue weighted by Crippen LogP contribution is 2.58. The van der Waals surface area contributed by atoms with Crippen LogP contribution in [0.1, 0.15) is 59.8 Å². The summed E-state index contributed by atoms with van der Waals surface area (Å²) in [4.78, 5) is 11.9. The summed E-state index contributed by atoms with van der Waals surface area (Å²) in [5.41, 5.74) is -0.996. The quantitative estimate of drug-likeness (QED) is 0.671. The molecule has 0 bridgehead atoms. The Hall–Kier alpha value is -1.13. The zero-order valence-corrected chi connectivity index (χ0v) is 15.4. The van der Waals surface area contributed by atoms with Crippen molar-refractivity contribution in [2.75, 3.05) is 0 Å². The van der Waals surface area contributed by atoms with Crippen molar-refractivity contribution in [3.63, 3.8) is 0 Å². The van der Waals surface area contributed by atoms with Crippen molar-refractivity contribution in [1.82, 2.24) is 0 Å². The summed E-state index contributed by atoms with van der Waals surface area (Å²) < 4.78 is 0. The van der Waals surface area contributed by atoms with Gasteiger partial charge >= 0.3 is 5.97 Å². The Labute approximate surface area is 145 Å². The largest absolute Gasteiger partial charge is 0.481 e. The molecule has 0 aromatic rings. The van der Waals surface area contributed by atoms with Gasteiger partial charge in [0.1, 0.15) is 0 Å². The van der Waals surface area contributed by atoms with Gasteiger partial charge in [-0.15, -0.1) is 6.58 Å². The molecule has 3 N–H and O–H groups in total. The molecule has 6 atom stereocenters. The molecule has 2 aliphatic carbocycles. The third-order valence-corrected chi connectivity index (χ3v) is 6.86. The van der Waals surface area contributed by atoms with Gasteiger partial charge in [0.2, 0.25) is 0 Å². The maximum atomic E-state index is 11.9. The minimum absolute atomic E-state index is 0.0479. The van der Waals surface area contributed by atoms with E-state index in [1.807, 2.05) is 6.08 Å². The second kappa shape index (κ2) is 6.30. The number of carboxylic acid groups (broad SMARTS) is 1. The number of hydrogen-bond acceptors (Lipinski definition) is 3. The van der Waals surface area contributed by atoms with Crippen LogP contribution in [0.4, 0.5) is 0 Å². The van der Waals surface area contributed by atoms with Gasteiger partial charge in [-0.25, -0.2) is 0 Å². The highest BCUT2D eigenvalue weighted by atomic mass is 16.4. The van der Waals surface area contributed by atoms with Crippen LogP contribution in [0.5, 0.6) is 0 Å². The lowest BCUT2D eigenvalue weighted by atomic mass is 9.51. The SMILES string of the molecule is C=CC(C)(O)CCC1(C)C2=CC(O)CC(C)(C(=O)O)C2CCC1C. The van der Waals surface area contributed by atoms with Gasteiger partial charge in [-0.05, 0) is 63.2 Å². The molecule has 136 valence electrons. The summed E-state index contributed by atoms with van der Waals surface area (Å²) in [7, 11) is 0. The van der Waals surface area contributed by atoms with Crippen LogP contribution < -0.4 is 0 Å². The first kappa shape index (κ1) is 19.2. The molecule has 4 nitrogen and oxygen atoms in total. The second-order valence-electron chi connectivity index (χ2n) is 8.63. The lowest BCUT2D eigenvalue weighted by Gasteiger charge is -2.53. The van der Waals surface area contributed by atoms with Gasteiger partial charge < -0.3 is 15.3 Å². The smallest absolute Gasteiger partial charge is 0.310 e. The highest BCUT2D eigenvalue weighted by Gasteiger charge is 2.54. The maximum Gasteiger partial charge on any atom is 0.310 e. The highest BCUT2D eigenvalue weighted by molar-refractivity contribution is 5.76. The predicted molar refractivity (Wildman–Crippen MR) is 94.5 cm³/mol. The molecule has 4 heteroatoms. The van der Waals surface area contributed by atoms with Crippen molar-refractivity contribution in [2.45, 2.75) is 71.5 Å². The van der Waals surface area contributed by atoms with Gasteiger partial charge in [-0.2, -0.15) is 0 Å². The molecule has 0 amide bonds. The first-order valence-electron chi connectivity index (χ1n) is 8.96. The standard InChI is InChI=1S/C20H32O4/c1-6-18(3,24)9-10-19(4)13(2)7-8-15-16(19)11-14(21)12-20(15,5)17(22)23/h6,11,13-15,21,24H,1,7-10,12H2,2-5H3,(H,22,23). The van der Waals surface area contributed by atoms with Gasteiger partial charge in [-0.1, -0.05) is 31.6 Å². The first-order chi connectivity index (χ1) is 11.0. The van der Waals surface area contributed by atoms with Crippen LogP contribution >= 0.6 is 0 Å². The number of aliphatic hydroxyl groups excluding tert-OH is 1. The lowest BCUT2D eigenvalue weighted by Crippen LogP contribution is -2.50. The molecule has 2 aliphatic rings. The average molecular weight is 336 g/mol. The number of allylic oxidation sites excluding steroid dienone is 1. The molecule has 0 heterocycles. The normalized spacial score (nSPS) is 41.8. The van der Waals surface area contributed by atoms with E-state index in [4.69, 9.17) is 0 Å². The number of carboxylic acids is 1. The summed E-state index contributed by atoms with van der Waals surface area (Å²) in [6.07, 6.45) is 6.14. The molecule has 0 aromatic heterocycles. The maximum absolute atomic E-state index is 11.9. The van der Waals surface area contributed by atoms with Crippen LogP contribution in [0, 0.1) is 22.7 Å². The van der Waals surface area contributed by atoms with E-state index < -0.39 is 23.1 Å². The van der Waals surface area contributed by atoms with Crippen LogP contribution in [0.3, 0.4) is 0 Å². The number of fused-ring (bicyclic) bond motifs is 1. The van der Waals surface area contributed by atoms with Crippen molar-refractivity contribution in [2.24, 2.45) is 22.7 Å². The van der Waals surface area contributed by atoms with E-state index >= 15 is 0 Å². The van der Waals surface area contributed by atoms with E-state index in [9.17, 15) is 20.1 Å². The van der Waals surface area contributed by atoms with E-state index in [-0.39, 0.29) is 17.8 Å². The lowest BCUT2D eigenvalue weighted by molar-refractivity contribution is -0.154. The van der Waals surface area contributed by atoms with Gasteiger partial charge in [-0.3, -0.25) is 4.79 Å². The monoisotopic (exact) mass is 336 g/mol. The van der Waals surface area contributed by atoms with Crippen molar-refractivity contribution in [1.29, 1.82) is 0 Å². The summed E-state index contributed by atoms with van der Waals surface area (Å²) in [6.45, 7) is 11.6. The number of carbonyl (C=O) groups is 1. The topological polar surface area (TPSA) is 77.8 Å². The molecule has 0 saturated heterocycles. The van der Waals surface area contributed by atoms with Gasteiger partial charge in [0.25, 0.3) is 0 Å². The predicted octanol–water partition coefficient (Wildman–Crippen LogP) is 3.54. The Balaban J connectivity index is 2.40. The summed E-state index contributed by atoms with van der Waals surface area (Å²) in [5, 5.41) is 30.4. The van der Waals surface area contributed by atoms with Crippen LogP contribution in [0.2, 0.25) is 0 Å². The zero-order valence-electron chi connectivity index (χ0n) is 15.4. The van der Waals surface area contributed by atoms with E-state index in [0.717, 1.165) is 24.8 Å². The molecule has 0 spiro atoms. The number of rotatable bonds is 5. The van der Waals surface area contributed by atoms with E-state index in [2.05, 4.69) is 20.4 Å². The zero-order chi connectivity index (χ0) is 18.3. The third-order valence-electron chi connectivity index (χ3n) is 6.86. The minimum Gasteiger partial charge on any atom is -0.481 e. The Morgan fingerprint density at radius 2 is 2.08 bits per heavy atom. The summed E-state index contributed by atoms with van der Waals surface area (Å²) >= 11 is 0. The third kappa shape index (κ3) is 3.18. The number of aliphatic carboxylic acids is 1. The van der Waals surface area contributed by atoms with Crippen molar-refractivity contribution in [3.05, 3.63) is 24.3 Å². The van der Waals surface area contributed by atoms with Gasteiger partial charge in [0, 0.05) is 0 Å². The summed E-state index contributed by atoms with van der Waals surface area (Å²) in [5.74, 6) is -0.496. The molecule has 0 aliphatic heterocycles. The molecule has 24 heavy (non-hydrogen) atoms. The Bertz CT molecular complexity index is 550. The molecular weight excluding hydrogens is 304 g/mol. The molecule has 1 saturated carbocycles. The van der Waals surface area contributed by atoms with Crippen molar-refractivity contribution in [3.8, 4) is 0 Å². The van der Waals surface area contributed by atoms with Crippen molar-refractivity contribution >= 4 is 5.97 Å². The number of hydrogen-bond donors (Lipinski definition) is 3. The van der Waals surface area contributed by atoms with Crippen LogP contribution in [-0.4, -0.2) is 33.0 Å². The van der Waals surface area contributed by atoms with Crippen LogP contribution in [-0.2, 0) is 4.79 Å². The van der Waals surface area contributed by atoms with E-state index in [0.29, 0.717) is 12.3 Å². The molecule has 0 radical (unpaired) electrons. The number of aliphatic hydroxyl groups is 2. The Kier molecular flexibility index (Phi) is 5.04. The van der Waals surface area contributed by atoms with E-state index in [1.165, 1.54) is 0 Å². The van der Waals surface area contributed by atoms with Crippen LogP contribution in [0.15, 0.2) is 24.3 Å². The molecular formula is C20H32O4. The molecule has 1 fully saturated rings.